The molecule has 2 atom stereocenters. The first-order valence-corrected chi connectivity index (χ1v) is 7.84. The first kappa shape index (κ1) is 14.1. The summed E-state index contributed by atoms with van der Waals surface area (Å²) in [5.41, 5.74) is 2.28. The predicted molar refractivity (Wildman–Crippen MR) is 74.1 cm³/mol. The summed E-state index contributed by atoms with van der Waals surface area (Å²) in [6, 6.07) is 5.97. The SMILES string of the molecule is CCC(C(=O)O)S(=O)CCc1ccc2c(c1)CCO2. The van der Waals surface area contributed by atoms with E-state index in [1.165, 1.54) is 5.56 Å². The molecular weight excluding hydrogens is 264 g/mol. The van der Waals surface area contributed by atoms with Gasteiger partial charge < -0.3 is 9.84 Å². The Hall–Kier alpha value is -1.36. The van der Waals surface area contributed by atoms with Gasteiger partial charge in [0.15, 0.2) is 0 Å². The number of hydrogen-bond acceptors (Lipinski definition) is 3. The molecule has 0 fully saturated rings. The summed E-state index contributed by atoms with van der Waals surface area (Å²) >= 11 is 0. The number of hydrogen-bond donors (Lipinski definition) is 1. The van der Waals surface area contributed by atoms with Crippen LogP contribution in [0, 0.1) is 0 Å². The lowest BCUT2D eigenvalue weighted by molar-refractivity contribution is -0.136. The highest BCUT2D eigenvalue weighted by molar-refractivity contribution is 7.86. The topological polar surface area (TPSA) is 63.6 Å². The van der Waals surface area contributed by atoms with Gasteiger partial charge in [-0.2, -0.15) is 0 Å². The van der Waals surface area contributed by atoms with Gasteiger partial charge in [0.05, 0.1) is 6.61 Å². The molecule has 0 saturated heterocycles. The molecular formula is C14H18O4S. The van der Waals surface area contributed by atoms with Crippen LogP contribution in [0.1, 0.15) is 24.5 Å². The summed E-state index contributed by atoms with van der Waals surface area (Å²) in [6.07, 6.45) is 1.96. The first-order chi connectivity index (χ1) is 9.11. The number of aliphatic carboxylic acids is 1. The Kier molecular flexibility index (Phi) is 4.58. The largest absolute Gasteiger partial charge is 0.493 e. The molecule has 1 aliphatic rings. The van der Waals surface area contributed by atoms with Gasteiger partial charge >= 0.3 is 5.97 Å². The van der Waals surface area contributed by atoms with Crippen molar-refractivity contribution in [2.24, 2.45) is 0 Å². The van der Waals surface area contributed by atoms with Crippen molar-refractivity contribution < 1.29 is 18.8 Å². The van der Waals surface area contributed by atoms with E-state index in [0.29, 0.717) is 18.6 Å². The van der Waals surface area contributed by atoms with E-state index >= 15 is 0 Å². The molecule has 0 amide bonds. The van der Waals surface area contributed by atoms with Crippen molar-refractivity contribution in [3.63, 3.8) is 0 Å². The number of carboxylic acids is 1. The van der Waals surface area contributed by atoms with Gasteiger partial charge in [-0.1, -0.05) is 19.1 Å². The molecule has 0 bridgehead atoms. The Morgan fingerprint density at radius 1 is 1.53 bits per heavy atom. The quantitative estimate of drug-likeness (QED) is 0.864. The molecule has 1 aromatic rings. The molecule has 0 saturated carbocycles. The molecule has 0 aliphatic carbocycles. The molecule has 5 heteroatoms. The lowest BCUT2D eigenvalue weighted by Gasteiger charge is -2.10. The molecule has 104 valence electrons. The zero-order chi connectivity index (χ0) is 13.8. The third-order valence-corrected chi connectivity index (χ3v) is 5.09. The molecule has 1 aromatic carbocycles. The van der Waals surface area contributed by atoms with Crippen LogP contribution >= 0.6 is 0 Å². The van der Waals surface area contributed by atoms with E-state index in [1.54, 1.807) is 6.92 Å². The summed E-state index contributed by atoms with van der Waals surface area (Å²) in [5, 5.41) is 8.21. The molecule has 0 aromatic heterocycles. The lowest BCUT2D eigenvalue weighted by Crippen LogP contribution is -2.27. The molecule has 2 unspecified atom stereocenters. The number of carbonyl (C=O) groups is 1. The molecule has 1 N–H and O–H groups in total. The highest BCUT2D eigenvalue weighted by atomic mass is 32.2. The molecule has 1 aliphatic heterocycles. The van der Waals surface area contributed by atoms with Gasteiger partial charge in [0, 0.05) is 23.0 Å². The second kappa shape index (κ2) is 6.19. The molecule has 19 heavy (non-hydrogen) atoms. The van der Waals surface area contributed by atoms with Gasteiger partial charge in [-0.3, -0.25) is 9.00 Å². The van der Waals surface area contributed by atoms with Gasteiger partial charge in [-0.25, -0.2) is 0 Å². The van der Waals surface area contributed by atoms with Crippen molar-refractivity contribution in [2.75, 3.05) is 12.4 Å². The van der Waals surface area contributed by atoms with Crippen molar-refractivity contribution in [2.45, 2.75) is 31.4 Å². The van der Waals surface area contributed by atoms with Gasteiger partial charge in [-0.15, -0.1) is 0 Å². The van der Waals surface area contributed by atoms with Gasteiger partial charge in [0.1, 0.15) is 11.0 Å². The number of carboxylic acid groups (broad SMARTS) is 1. The Morgan fingerprint density at radius 2 is 2.32 bits per heavy atom. The van der Waals surface area contributed by atoms with Crippen LogP contribution in [0.4, 0.5) is 0 Å². The summed E-state index contributed by atoms with van der Waals surface area (Å²) in [5.74, 6) is 0.356. The molecule has 1 heterocycles. The lowest BCUT2D eigenvalue weighted by atomic mass is 10.1. The maximum absolute atomic E-state index is 11.9. The van der Waals surface area contributed by atoms with Crippen molar-refractivity contribution >= 4 is 16.8 Å². The standard InChI is InChI=1S/C14H18O4S/c1-2-13(14(15)16)19(17)8-6-10-3-4-12-11(9-10)5-7-18-12/h3-4,9,13H,2,5-8H2,1H3,(H,15,16). The van der Waals surface area contributed by atoms with Crippen LogP contribution in [0.15, 0.2) is 18.2 Å². The summed E-state index contributed by atoms with van der Waals surface area (Å²) in [4.78, 5) is 10.9. The molecule has 2 rings (SSSR count). The summed E-state index contributed by atoms with van der Waals surface area (Å²) in [6.45, 7) is 2.48. The Labute approximate surface area is 115 Å². The molecule has 0 radical (unpaired) electrons. The van der Waals surface area contributed by atoms with E-state index in [9.17, 15) is 9.00 Å². The molecule has 0 spiro atoms. The zero-order valence-corrected chi connectivity index (χ0v) is 11.7. The summed E-state index contributed by atoms with van der Waals surface area (Å²) in [7, 11) is -1.32. The van der Waals surface area contributed by atoms with E-state index in [4.69, 9.17) is 9.84 Å². The van der Waals surface area contributed by atoms with Gasteiger partial charge in [-0.05, 0) is 30.0 Å². The fraction of sp³-hybridized carbons (Fsp3) is 0.500. The van der Waals surface area contributed by atoms with Gasteiger partial charge in [0.2, 0.25) is 0 Å². The second-order valence-electron chi connectivity index (χ2n) is 4.61. The zero-order valence-electron chi connectivity index (χ0n) is 10.9. The minimum Gasteiger partial charge on any atom is -0.493 e. The second-order valence-corrected chi connectivity index (χ2v) is 6.35. The van der Waals surface area contributed by atoms with Crippen LogP contribution in [0.5, 0.6) is 5.75 Å². The van der Waals surface area contributed by atoms with E-state index in [0.717, 1.165) is 24.3 Å². The Morgan fingerprint density at radius 3 is 3.00 bits per heavy atom. The maximum Gasteiger partial charge on any atom is 0.319 e. The van der Waals surface area contributed by atoms with Crippen LogP contribution in [0.3, 0.4) is 0 Å². The fourth-order valence-electron chi connectivity index (χ4n) is 2.23. The Balaban J connectivity index is 1.95. The molecule has 4 nitrogen and oxygen atoms in total. The van der Waals surface area contributed by atoms with Crippen molar-refractivity contribution in [1.29, 1.82) is 0 Å². The fourth-order valence-corrected chi connectivity index (χ4v) is 3.55. The van der Waals surface area contributed by atoms with E-state index < -0.39 is 22.0 Å². The smallest absolute Gasteiger partial charge is 0.319 e. The van der Waals surface area contributed by atoms with Crippen LogP contribution < -0.4 is 4.74 Å². The minimum absolute atomic E-state index is 0.393. The number of rotatable bonds is 6. The highest BCUT2D eigenvalue weighted by Gasteiger charge is 2.22. The monoisotopic (exact) mass is 282 g/mol. The van der Waals surface area contributed by atoms with Crippen molar-refractivity contribution in [1.82, 2.24) is 0 Å². The predicted octanol–water partition coefficient (Wildman–Crippen LogP) is 1.78. The highest BCUT2D eigenvalue weighted by Crippen LogP contribution is 2.26. The summed E-state index contributed by atoms with van der Waals surface area (Å²) < 4.78 is 17.4. The normalized spacial score (nSPS) is 16.5. The maximum atomic E-state index is 11.9. The Bertz CT molecular complexity index is 498. The van der Waals surface area contributed by atoms with E-state index in [-0.39, 0.29) is 0 Å². The number of aryl methyl sites for hydroxylation is 1. The third kappa shape index (κ3) is 3.35. The number of fused-ring (bicyclic) bond motifs is 1. The number of benzene rings is 1. The van der Waals surface area contributed by atoms with Crippen LogP contribution in [-0.2, 0) is 28.4 Å². The van der Waals surface area contributed by atoms with Crippen molar-refractivity contribution in [3.8, 4) is 5.75 Å². The number of ether oxygens (including phenoxy) is 1. The average Bonchev–Trinajstić information content (AvgIpc) is 2.84. The van der Waals surface area contributed by atoms with Crippen molar-refractivity contribution in [3.05, 3.63) is 29.3 Å². The van der Waals surface area contributed by atoms with E-state index in [1.807, 2.05) is 12.1 Å². The average molecular weight is 282 g/mol. The first-order valence-electron chi connectivity index (χ1n) is 6.46. The van der Waals surface area contributed by atoms with Crippen LogP contribution in [0.25, 0.3) is 0 Å². The van der Waals surface area contributed by atoms with Crippen LogP contribution in [0.2, 0.25) is 0 Å². The minimum atomic E-state index is -1.32. The van der Waals surface area contributed by atoms with E-state index in [2.05, 4.69) is 6.07 Å². The third-order valence-electron chi connectivity index (χ3n) is 3.31. The van der Waals surface area contributed by atoms with Gasteiger partial charge in [0.25, 0.3) is 0 Å². The van der Waals surface area contributed by atoms with Crippen LogP contribution in [-0.4, -0.2) is 32.9 Å².